The van der Waals surface area contributed by atoms with E-state index in [1.54, 1.807) is 29.2 Å². The summed E-state index contributed by atoms with van der Waals surface area (Å²) in [7, 11) is -3.58. The van der Waals surface area contributed by atoms with Crippen molar-refractivity contribution in [3.63, 3.8) is 0 Å². The fourth-order valence-electron chi connectivity index (χ4n) is 5.42. The van der Waals surface area contributed by atoms with Gasteiger partial charge in [-0.1, -0.05) is 73.0 Å². The third-order valence-corrected chi connectivity index (χ3v) is 8.91. The Bertz CT molecular complexity index is 1420. The van der Waals surface area contributed by atoms with Crippen LogP contribution < -0.4 is 9.62 Å². The van der Waals surface area contributed by atoms with Gasteiger partial charge in [0.2, 0.25) is 21.8 Å². The van der Waals surface area contributed by atoms with Crippen molar-refractivity contribution in [1.82, 2.24) is 10.2 Å². The van der Waals surface area contributed by atoms with Gasteiger partial charge in [0.1, 0.15) is 11.9 Å². The van der Waals surface area contributed by atoms with E-state index >= 15 is 0 Å². The molecule has 3 aromatic rings. The third-order valence-electron chi connectivity index (χ3n) is 7.71. The molecule has 0 unspecified atom stereocenters. The Kier molecular flexibility index (Phi) is 10.7. The topological polar surface area (TPSA) is 86.8 Å². The van der Waals surface area contributed by atoms with Gasteiger partial charge < -0.3 is 10.2 Å². The van der Waals surface area contributed by atoms with Crippen LogP contribution in [0.5, 0.6) is 0 Å². The molecule has 1 atom stereocenters. The summed E-state index contributed by atoms with van der Waals surface area (Å²) in [4.78, 5) is 29.2. The molecule has 0 aromatic heterocycles. The summed E-state index contributed by atoms with van der Waals surface area (Å²) in [6.45, 7) is 2.18. The zero-order valence-corrected chi connectivity index (χ0v) is 25.2. The highest BCUT2D eigenvalue weighted by molar-refractivity contribution is 7.92. The maximum Gasteiger partial charge on any atom is 0.243 e. The van der Waals surface area contributed by atoms with Crippen molar-refractivity contribution >= 4 is 27.5 Å². The molecule has 1 saturated carbocycles. The van der Waals surface area contributed by atoms with E-state index in [9.17, 15) is 22.4 Å². The number of aryl methyl sites for hydroxylation is 1. The van der Waals surface area contributed by atoms with Gasteiger partial charge >= 0.3 is 0 Å². The van der Waals surface area contributed by atoms with Gasteiger partial charge in [-0.2, -0.15) is 0 Å². The number of nitrogens with one attached hydrogen (secondary N) is 1. The molecule has 3 aromatic carbocycles. The van der Waals surface area contributed by atoms with Crippen LogP contribution >= 0.6 is 0 Å². The molecule has 9 heteroatoms. The summed E-state index contributed by atoms with van der Waals surface area (Å²) in [5.74, 6) is -0.855. The molecule has 0 radical (unpaired) electrons. The molecule has 1 aliphatic rings. The minimum atomic E-state index is -3.58. The molecular weight excluding hydrogens is 553 g/mol. The zero-order chi connectivity index (χ0) is 30.1. The van der Waals surface area contributed by atoms with Crippen molar-refractivity contribution in [3.8, 4) is 0 Å². The van der Waals surface area contributed by atoms with Gasteiger partial charge in [0.25, 0.3) is 0 Å². The Balaban J connectivity index is 1.57. The van der Waals surface area contributed by atoms with Gasteiger partial charge in [0.15, 0.2) is 0 Å². The lowest BCUT2D eigenvalue weighted by atomic mass is 10.0. The number of amides is 2. The van der Waals surface area contributed by atoms with Crippen LogP contribution in [-0.2, 0) is 32.6 Å². The molecule has 0 heterocycles. The number of rotatable bonds is 13. The average molecular weight is 594 g/mol. The van der Waals surface area contributed by atoms with Gasteiger partial charge in [-0.05, 0) is 61.6 Å². The van der Waals surface area contributed by atoms with Crippen molar-refractivity contribution in [2.24, 2.45) is 0 Å². The number of benzene rings is 3. The van der Waals surface area contributed by atoms with Crippen LogP contribution in [0.15, 0.2) is 78.9 Å². The van der Waals surface area contributed by atoms with Crippen molar-refractivity contribution in [3.05, 3.63) is 101 Å². The second-order valence-electron chi connectivity index (χ2n) is 11.1. The van der Waals surface area contributed by atoms with Crippen LogP contribution in [-0.4, -0.2) is 50.0 Å². The van der Waals surface area contributed by atoms with Gasteiger partial charge in [-0.3, -0.25) is 13.9 Å². The van der Waals surface area contributed by atoms with E-state index in [2.05, 4.69) is 5.32 Å². The number of hydrogen-bond donors (Lipinski definition) is 1. The van der Waals surface area contributed by atoms with Gasteiger partial charge in [0.05, 0.1) is 11.9 Å². The summed E-state index contributed by atoms with van der Waals surface area (Å²) in [6, 6.07) is 22.0. The highest BCUT2D eigenvalue weighted by Gasteiger charge is 2.32. The Labute approximate surface area is 248 Å². The van der Waals surface area contributed by atoms with Gasteiger partial charge in [-0.15, -0.1) is 0 Å². The van der Waals surface area contributed by atoms with E-state index in [1.165, 1.54) is 16.4 Å². The number of anilines is 1. The molecule has 1 fully saturated rings. The molecular formula is C33H40FN3O4S. The highest BCUT2D eigenvalue weighted by Crippen LogP contribution is 2.22. The summed E-state index contributed by atoms with van der Waals surface area (Å²) in [5, 5.41) is 3.17. The molecule has 2 amide bonds. The minimum absolute atomic E-state index is 0.0427. The first-order valence-corrected chi connectivity index (χ1v) is 16.4. The van der Waals surface area contributed by atoms with Crippen molar-refractivity contribution in [2.75, 3.05) is 17.1 Å². The highest BCUT2D eigenvalue weighted by atomic mass is 32.2. The second-order valence-corrected chi connectivity index (χ2v) is 13.0. The monoisotopic (exact) mass is 593 g/mol. The van der Waals surface area contributed by atoms with Crippen LogP contribution in [0.4, 0.5) is 10.1 Å². The van der Waals surface area contributed by atoms with E-state index in [0.29, 0.717) is 17.7 Å². The maximum absolute atomic E-state index is 13.9. The van der Waals surface area contributed by atoms with Crippen molar-refractivity contribution in [1.29, 1.82) is 0 Å². The Morgan fingerprint density at radius 1 is 0.929 bits per heavy atom. The maximum atomic E-state index is 13.9. The zero-order valence-electron chi connectivity index (χ0n) is 24.3. The van der Waals surface area contributed by atoms with Crippen molar-refractivity contribution < 1.29 is 22.4 Å². The first-order chi connectivity index (χ1) is 20.1. The lowest BCUT2D eigenvalue weighted by Gasteiger charge is -2.33. The molecule has 7 nitrogen and oxygen atoms in total. The van der Waals surface area contributed by atoms with Crippen LogP contribution in [0.1, 0.15) is 55.2 Å². The summed E-state index contributed by atoms with van der Waals surface area (Å²) in [6.07, 6.45) is 5.73. The van der Waals surface area contributed by atoms with E-state index in [0.717, 1.165) is 43.1 Å². The normalized spacial score (nSPS) is 14.4. The number of hydrogen-bond acceptors (Lipinski definition) is 4. The SMILES string of the molecule is Cc1ccc(N(CCCC(=O)N(Cc2ccc(F)cc2)[C@@H](Cc2ccccc2)C(=O)NC2CCCC2)S(C)(=O)=O)cc1. The number of carbonyl (C=O) groups is 2. The molecule has 0 spiro atoms. The Morgan fingerprint density at radius 2 is 1.57 bits per heavy atom. The molecule has 0 aliphatic heterocycles. The average Bonchev–Trinajstić information content (AvgIpc) is 3.47. The van der Waals surface area contributed by atoms with Crippen LogP contribution in [0.25, 0.3) is 0 Å². The predicted octanol–water partition coefficient (Wildman–Crippen LogP) is 5.38. The Morgan fingerprint density at radius 3 is 2.19 bits per heavy atom. The standard InChI is InChI=1S/C33H40FN3O4S/c1-25-14-20-30(21-15-25)37(42(2,40)41)22-8-13-32(38)36(24-27-16-18-28(34)19-17-27)31(23-26-9-4-3-5-10-26)33(39)35-29-11-6-7-12-29/h3-5,9-10,14-21,29,31H,6-8,11-13,22-24H2,1-2H3,(H,35,39)/t31-/m0/s1. The first kappa shape index (κ1) is 31.2. The fraction of sp³-hybridized carbons (Fsp3) is 0.394. The molecule has 1 N–H and O–H groups in total. The molecule has 0 saturated heterocycles. The third kappa shape index (κ3) is 8.89. The van der Waals surface area contributed by atoms with Crippen LogP contribution in [0.2, 0.25) is 0 Å². The quantitative estimate of drug-likeness (QED) is 0.288. The second kappa shape index (κ2) is 14.4. The number of halogens is 1. The smallest absolute Gasteiger partial charge is 0.243 e. The van der Waals surface area contributed by atoms with Crippen LogP contribution in [0.3, 0.4) is 0 Å². The molecule has 4 rings (SSSR count). The minimum Gasteiger partial charge on any atom is -0.352 e. The predicted molar refractivity (Wildman–Crippen MR) is 164 cm³/mol. The molecule has 42 heavy (non-hydrogen) atoms. The number of nitrogens with zero attached hydrogens (tertiary/aromatic N) is 2. The number of carbonyl (C=O) groups excluding carboxylic acids is 2. The van der Waals surface area contributed by atoms with Gasteiger partial charge in [-0.25, -0.2) is 12.8 Å². The van der Waals surface area contributed by atoms with E-state index in [-0.39, 0.29) is 49.6 Å². The van der Waals surface area contributed by atoms with E-state index < -0.39 is 16.1 Å². The first-order valence-electron chi connectivity index (χ1n) is 14.5. The molecule has 224 valence electrons. The Hall–Kier alpha value is -3.72. The summed E-state index contributed by atoms with van der Waals surface area (Å²) >= 11 is 0. The van der Waals surface area contributed by atoms with Crippen LogP contribution in [0, 0.1) is 12.7 Å². The molecule has 0 bridgehead atoms. The number of sulfonamides is 1. The lowest BCUT2D eigenvalue weighted by Crippen LogP contribution is -2.52. The summed E-state index contributed by atoms with van der Waals surface area (Å²) < 4.78 is 40.2. The summed E-state index contributed by atoms with van der Waals surface area (Å²) in [5.41, 5.74) is 3.17. The van der Waals surface area contributed by atoms with Crippen molar-refractivity contribution in [2.45, 2.75) is 70.5 Å². The fourth-order valence-corrected chi connectivity index (χ4v) is 6.39. The molecule has 1 aliphatic carbocycles. The van der Waals surface area contributed by atoms with E-state index in [1.807, 2.05) is 49.4 Å². The van der Waals surface area contributed by atoms with E-state index in [4.69, 9.17) is 0 Å². The van der Waals surface area contributed by atoms with Gasteiger partial charge in [0, 0.05) is 32.0 Å². The largest absolute Gasteiger partial charge is 0.352 e. The lowest BCUT2D eigenvalue weighted by molar-refractivity contribution is -0.141.